The number of halogens is 1. The second-order valence-electron chi connectivity index (χ2n) is 5.75. The predicted octanol–water partition coefficient (Wildman–Crippen LogP) is 3.44. The van der Waals surface area contributed by atoms with E-state index in [-0.39, 0.29) is 11.1 Å². The van der Waals surface area contributed by atoms with Crippen LogP contribution in [0.4, 0.5) is 10.1 Å². The lowest BCUT2D eigenvalue weighted by atomic mass is 9.89. The van der Waals surface area contributed by atoms with Crippen LogP contribution in [0.25, 0.3) is 0 Å². The Morgan fingerprint density at radius 2 is 2.20 bits per heavy atom. The number of benzene rings is 1. The highest BCUT2D eigenvalue weighted by atomic mass is 19.1. The molecule has 0 saturated heterocycles. The van der Waals surface area contributed by atoms with Crippen molar-refractivity contribution in [2.24, 2.45) is 5.41 Å². The van der Waals surface area contributed by atoms with E-state index in [0.29, 0.717) is 18.0 Å². The Bertz CT molecular complexity index is 501. The van der Waals surface area contributed by atoms with Gasteiger partial charge in [0.15, 0.2) is 0 Å². The SMILES string of the molecule is CCCNC(C)C1(Cc2cc(F)ccc2[N+](=O)[O-])CC1. The standard InChI is InChI=1S/C15H21FN2O2/c1-3-8-17-11(2)15(6-7-15)10-12-9-13(16)4-5-14(12)18(19)20/h4-5,9,11,17H,3,6-8,10H2,1-2H3. The third kappa shape index (κ3) is 3.15. The highest BCUT2D eigenvalue weighted by molar-refractivity contribution is 5.41. The second-order valence-corrected chi connectivity index (χ2v) is 5.75. The first-order chi connectivity index (χ1) is 9.48. The molecule has 110 valence electrons. The van der Waals surface area contributed by atoms with Crippen molar-refractivity contribution in [1.29, 1.82) is 0 Å². The number of nitro groups is 1. The van der Waals surface area contributed by atoms with Crippen LogP contribution in [0.15, 0.2) is 18.2 Å². The van der Waals surface area contributed by atoms with E-state index >= 15 is 0 Å². The summed E-state index contributed by atoms with van der Waals surface area (Å²) in [6, 6.07) is 4.03. The Morgan fingerprint density at radius 1 is 1.50 bits per heavy atom. The van der Waals surface area contributed by atoms with Gasteiger partial charge < -0.3 is 5.32 Å². The fraction of sp³-hybridized carbons (Fsp3) is 0.600. The molecule has 1 aromatic carbocycles. The Hall–Kier alpha value is -1.49. The van der Waals surface area contributed by atoms with Crippen molar-refractivity contribution >= 4 is 5.69 Å². The molecule has 4 nitrogen and oxygen atoms in total. The van der Waals surface area contributed by atoms with Gasteiger partial charge in [0.1, 0.15) is 5.82 Å². The van der Waals surface area contributed by atoms with Crippen molar-refractivity contribution in [3.63, 3.8) is 0 Å². The summed E-state index contributed by atoms with van der Waals surface area (Å²) in [6.45, 7) is 5.17. The van der Waals surface area contributed by atoms with Crippen molar-refractivity contribution in [2.45, 2.75) is 45.6 Å². The van der Waals surface area contributed by atoms with Crippen LogP contribution >= 0.6 is 0 Å². The van der Waals surface area contributed by atoms with Crippen molar-refractivity contribution in [1.82, 2.24) is 5.32 Å². The van der Waals surface area contributed by atoms with Gasteiger partial charge in [0, 0.05) is 17.7 Å². The molecule has 1 unspecified atom stereocenters. The Labute approximate surface area is 118 Å². The Balaban J connectivity index is 2.17. The third-order valence-electron chi connectivity index (χ3n) is 4.29. The van der Waals surface area contributed by atoms with Crippen LogP contribution in [0.2, 0.25) is 0 Å². The summed E-state index contributed by atoms with van der Waals surface area (Å²) in [5, 5.41) is 14.5. The number of hydrogen-bond donors (Lipinski definition) is 1. The molecule has 1 aromatic rings. The smallest absolute Gasteiger partial charge is 0.272 e. The van der Waals surface area contributed by atoms with E-state index in [1.807, 2.05) is 0 Å². The molecule has 0 spiro atoms. The fourth-order valence-corrected chi connectivity index (χ4v) is 2.75. The van der Waals surface area contributed by atoms with Gasteiger partial charge in [0.2, 0.25) is 0 Å². The minimum absolute atomic E-state index is 0.0281. The second kappa shape index (κ2) is 5.87. The first-order valence-electron chi connectivity index (χ1n) is 7.15. The summed E-state index contributed by atoms with van der Waals surface area (Å²) in [7, 11) is 0. The molecule has 0 heterocycles. The average Bonchev–Trinajstić information content (AvgIpc) is 3.16. The van der Waals surface area contributed by atoms with Crippen LogP contribution < -0.4 is 5.32 Å². The fourth-order valence-electron chi connectivity index (χ4n) is 2.75. The minimum atomic E-state index is -0.422. The number of nitrogens with zero attached hydrogens (tertiary/aromatic N) is 1. The summed E-state index contributed by atoms with van der Waals surface area (Å²) < 4.78 is 13.4. The van der Waals surface area contributed by atoms with E-state index in [1.165, 1.54) is 12.1 Å². The zero-order chi connectivity index (χ0) is 14.8. The lowest BCUT2D eigenvalue weighted by Crippen LogP contribution is -2.36. The molecule has 1 fully saturated rings. The lowest BCUT2D eigenvalue weighted by molar-refractivity contribution is -0.385. The first-order valence-corrected chi connectivity index (χ1v) is 7.15. The Morgan fingerprint density at radius 3 is 2.75 bits per heavy atom. The van der Waals surface area contributed by atoms with Gasteiger partial charge in [-0.25, -0.2) is 4.39 Å². The highest BCUT2D eigenvalue weighted by Crippen LogP contribution is 2.52. The van der Waals surface area contributed by atoms with Gasteiger partial charge in [-0.15, -0.1) is 0 Å². The van der Waals surface area contributed by atoms with Gasteiger partial charge >= 0.3 is 0 Å². The summed E-state index contributed by atoms with van der Waals surface area (Å²) >= 11 is 0. The normalized spacial score (nSPS) is 17.8. The van der Waals surface area contributed by atoms with Gasteiger partial charge in [-0.3, -0.25) is 10.1 Å². The van der Waals surface area contributed by atoms with Crippen LogP contribution in [-0.4, -0.2) is 17.5 Å². The average molecular weight is 280 g/mol. The van der Waals surface area contributed by atoms with Crippen LogP contribution in [0.5, 0.6) is 0 Å². The first kappa shape index (κ1) is 14.9. The zero-order valence-corrected chi connectivity index (χ0v) is 12.0. The molecule has 0 radical (unpaired) electrons. The summed E-state index contributed by atoms with van der Waals surface area (Å²) in [4.78, 5) is 10.6. The van der Waals surface area contributed by atoms with Crippen LogP contribution in [-0.2, 0) is 6.42 Å². The predicted molar refractivity (Wildman–Crippen MR) is 76.2 cm³/mol. The van der Waals surface area contributed by atoms with E-state index in [0.717, 1.165) is 31.9 Å². The maximum atomic E-state index is 13.4. The molecule has 5 heteroatoms. The summed E-state index contributed by atoms with van der Waals surface area (Å²) in [5.41, 5.74) is 0.589. The van der Waals surface area contributed by atoms with Crippen molar-refractivity contribution in [3.05, 3.63) is 39.7 Å². The number of nitro benzene ring substituents is 1. The van der Waals surface area contributed by atoms with E-state index in [1.54, 1.807) is 0 Å². The molecule has 0 bridgehead atoms. The van der Waals surface area contributed by atoms with Crippen LogP contribution in [0.1, 0.15) is 38.7 Å². The summed E-state index contributed by atoms with van der Waals surface area (Å²) in [6.07, 6.45) is 3.70. The maximum Gasteiger partial charge on any atom is 0.272 e. The maximum absolute atomic E-state index is 13.4. The number of hydrogen-bond acceptors (Lipinski definition) is 3. The van der Waals surface area contributed by atoms with Gasteiger partial charge in [-0.05, 0) is 56.7 Å². The van der Waals surface area contributed by atoms with Gasteiger partial charge in [-0.1, -0.05) is 6.92 Å². The van der Waals surface area contributed by atoms with Crippen molar-refractivity contribution in [2.75, 3.05) is 6.54 Å². The molecular formula is C15H21FN2O2. The molecule has 1 N–H and O–H groups in total. The van der Waals surface area contributed by atoms with Gasteiger partial charge in [0.25, 0.3) is 5.69 Å². The van der Waals surface area contributed by atoms with E-state index < -0.39 is 10.7 Å². The van der Waals surface area contributed by atoms with Crippen LogP contribution in [0, 0.1) is 21.3 Å². The van der Waals surface area contributed by atoms with Gasteiger partial charge in [0.05, 0.1) is 4.92 Å². The lowest BCUT2D eigenvalue weighted by Gasteiger charge is -2.24. The molecule has 1 atom stereocenters. The number of nitrogens with one attached hydrogen (secondary N) is 1. The molecule has 20 heavy (non-hydrogen) atoms. The number of rotatable bonds is 7. The van der Waals surface area contributed by atoms with E-state index in [9.17, 15) is 14.5 Å². The third-order valence-corrected chi connectivity index (χ3v) is 4.29. The van der Waals surface area contributed by atoms with E-state index in [4.69, 9.17) is 0 Å². The van der Waals surface area contributed by atoms with Crippen molar-refractivity contribution < 1.29 is 9.31 Å². The monoisotopic (exact) mass is 280 g/mol. The molecule has 0 aliphatic heterocycles. The zero-order valence-electron chi connectivity index (χ0n) is 12.0. The minimum Gasteiger partial charge on any atom is -0.314 e. The van der Waals surface area contributed by atoms with Crippen molar-refractivity contribution in [3.8, 4) is 0 Å². The molecule has 0 amide bonds. The molecular weight excluding hydrogens is 259 g/mol. The molecule has 1 aliphatic carbocycles. The molecule has 1 aliphatic rings. The molecule has 0 aromatic heterocycles. The van der Waals surface area contributed by atoms with E-state index in [2.05, 4.69) is 19.2 Å². The topological polar surface area (TPSA) is 55.2 Å². The highest BCUT2D eigenvalue weighted by Gasteiger charge is 2.47. The molecule has 2 rings (SSSR count). The Kier molecular flexibility index (Phi) is 4.38. The van der Waals surface area contributed by atoms with Gasteiger partial charge in [-0.2, -0.15) is 0 Å². The quantitative estimate of drug-likeness (QED) is 0.615. The molecule has 1 saturated carbocycles. The largest absolute Gasteiger partial charge is 0.314 e. The summed E-state index contributed by atoms with van der Waals surface area (Å²) in [5.74, 6) is -0.407. The van der Waals surface area contributed by atoms with Crippen LogP contribution in [0.3, 0.4) is 0 Å².